The number of amides is 1. The van der Waals surface area contributed by atoms with Crippen LogP contribution in [0.2, 0.25) is 0 Å². The molecule has 1 aromatic heterocycles. The fourth-order valence-electron chi connectivity index (χ4n) is 4.93. The minimum atomic E-state index is -0.290. The Hall–Kier alpha value is -1.40. The number of hydrogen-bond acceptors (Lipinski definition) is 4. The maximum Gasteiger partial charge on any atom is 0.274 e. The van der Waals surface area contributed by atoms with Gasteiger partial charge in [-0.15, -0.1) is 0 Å². The predicted molar refractivity (Wildman–Crippen MR) is 88.8 cm³/mol. The normalized spacial score (nSPS) is 28.5. The first kappa shape index (κ1) is 16.1. The van der Waals surface area contributed by atoms with E-state index in [1.54, 1.807) is 7.11 Å². The fourth-order valence-corrected chi connectivity index (χ4v) is 4.93. The van der Waals surface area contributed by atoms with E-state index in [9.17, 15) is 9.90 Å². The average molecular weight is 333 g/mol. The summed E-state index contributed by atoms with van der Waals surface area (Å²) < 4.78 is 7.42. The Labute approximate surface area is 142 Å². The second-order valence-electron chi connectivity index (χ2n) is 7.61. The van der Waals surface area contributed by atoms with Crippen molar-refractivity contribution in [1.82, 2.24) is 14.7 Å². The summed E-state index contributed by atoms with van der Waals surface area (Å²) in [4.78, 5) is 14.9. The van der Waals surface area contributed by atoms with Gasteiger partial charge in [-0.1, -0.05) is 0 Å². The predicted octanol–water partition coefficient (Wildman–Crippen LogP) is 1.30. The monoisotopic (exact) mass is 333 g/mol. The molecule has 0 unspecified atom stereocenters. The summed E-state index contributed by atoms with van der Waals surface area (Å²) in [5.74, 6) is 0.0615. The van der Waals surface area contributed by atoms with Crippen molar-refractivity contribution < 1.29 is 14.6 Å². The number of aryl methyl sites for hydroxylation is 1. The number of piperidine rings is 1. The zero-order chi connectivity index (χ0) is 16.9. The average Bonchev–Trinajstić information content (AvgIpc) is 2.96. The van der Waals surface area contributed by atoms with Crippen LogP contribution in [0.15, 0.2) is 0 Å². The van der Waals surface area contributed by atoms with Crippen molar-refractivity contribution >= 4 is 5.91 Å². The van der Waals surface area contributed by atoms with E-state index in [0.29, 0.717) is 18.8 Å². The van der Waals surface area contributed by atoms with Crippen molar-refractivity contribution in [3.63, 3.8) is 0 Å². The van der Waals surface area contributed by atoms with Gasteiger partial charge >= 0.3 is 0 Å². The van der Waals surface area contributed by atoms with Crippen molar-refractivity contribution in [2.24, 2.45) is 12.5 Å². The third kappa shape index (κ3) is 2.23. The van der Waals surface area contributed by atoms with E-state index in [1.807, 2.05) is 16.6 Å². The third-order valence-corrected chi connectivity index (χ3v) is 6.58. The number of ether oxygens (including phenoxy) is 1. The lowest BCUT2D eigenvalue weighted by atomic mass is 9.58. The van der Waals surface area contributed by atoms with Crippen molar-refractivity contribution in [1.29, 1.82) is 0 Å². The zero-order valence-corrected chi connectivity index (χ0v) is 14.6. The molecule has 4 rings (SSSR count). The van der Waals surface area contributed by atoms with Gasteiger partial charge in [-0.3, -0.25) is 9.48 Å². The van der Waals surface area contributed by atoms with E-state index in [4.69, 9.17) is 4.74 Å². The number of aliphatic hydroxyl groups is 1. The molecule has 1 amide bonds. The van der Waals surface area contributed by atoms with Crippen molar-refractivity contribution in [2.45, 2.75) is 57.2 Å². The molecule has 0 radical (unpaired) electrons. The van der Waals surface area contributed by atoms with Crippen LogP contribution in [-0.2, 0) is 24.6 Å². The van der Waals surface area contributed by atoms with Gasteiger partial charge in [-0.2, -0.15) is 5.10 Å². The van der Waals surface area contributed by atoms with E-state index in [2.05, 4.69) is 5.10 Å². The molecular weight excluding hydrogens is 306 g/mol. The Morgan fingerprint density at radius 2 is 2.00 bits per heavy atom. The van der Waals surface area contributed by atoms with Crippen molar-refractivity contribution in [2.75, 3.05) is 20.2 Å². The molecule has 1 aliphatic heterocycles. The molecule has 2 atom stereocenters. The molecule has 1 saturated heterocycles. The second kappa shape index (κ2) is 5.85. The quantitative estimate of drug-likeness (QED) is 0.886. The highest BCUT2D eigenvalue weighted by Crippen LogP contribution is 2.50. The van der Waals surface area contributed by atoms with Gasteiger partial charge in [0.15, 0.2) is 5.69 Å². The van der Waals surface area contributed by atoms with Crippen LogP contribution in [0.4, 0.5) is 0 Å². The van der Waals surface area contributed by atoms with Gasteiger partial charge in [0, 0.05) is 50.3 Å². The molecule has 24 heavy (non-hydrogen) atoms. The van der Waals surface area contributed by atoms with E-state index < -0.39 is 0 Å². The Bertz CT molecular complexity index is 646. The lowest BCUT2D eigenvalue weighted by Crippen LogP contribution is -2.62. The van der Waals surface area contributed by atoms with Gasteiger partial charge in [0.25, 0.3) is 5.91 Å². The molecular formula is C18H27N3O3. The highest BCUT2D eigenvalue weighted by atomic mass is 16.5. The van der Waals surface area contributed by atoms with Crippen LogP contribution in [0.3, 0.4) is 0 Å². The number of fused-ring (bicyclic) bond motifs is 1. The van der Waals surface area contributed by atoms with Gasteiger partial charge in [-0.05, 0) is 38.5 Å². The molecule has 0 aromatic carbocycles. The molecule has 6 heteroatoms. The van der Waals surface area contributed by atoms with Crippen LogP contribution in [0, 0.1) is 5.41 Å². The van der Waals surface area contributed by atoms with Crippen LogP contribution >= 0.6 is 0 Å². The minimum absolute atomic E-state index is 0.0615. The first-order valence-electron chi connectivity index (χ1n) is 9.11. The van der Waals surface area contributed by atoms with Crippen LogP contribution in [0.25, 0.3) is 0 Å². The SMILES string of the molecule is CO[C@@H]1C[C@H](O)C12CCN(C(=O)c1nn(C)c3c1CCCC3)CC2. The largest absolute Gasteiger partial charge is 0.392 e. The summed E-state index contributed by atoms with van der Waals surface area (Å²) >= 11 is 0. The Morgan fingerprint density at radius 3 is 2.67 bits per heavy atom. The van der Waals surface area contributed by atoms with Crippen LogP contribution in [0.1, 0.15) is 53.8 Å². The zero-order valence-electron chi connectivity index (χ0n) is 14.6. The number of hydrogen-bond donors (Lipinski definition) is 1. The lowest BCUT2D eigenvalue weighted by Gasteiger charge is -2.56. The number of rotatable bonds is 2. The number of likely N-dealkylation sites (tertiary alicyclic amines) is 1. The maximum absolute atomic E-state index is 13.0. The molecule has 0 bridgehead atoms. The first-order chi connectivity index (χ1) is 11.6. The summed E-state index contributed by atoms with van der Waals surface area (Å²) in [5, 5.41) is 14.8. The van der Waals surface area contributed by atoms with E-state index in [1.165, 1.54) is 12.1 Å². The van der Waals surface area contributed by atoms with Gasteiger partial charge in [0.2, 0.25) is 0 Å². The Balaban J connectivity index is 1.49. The number of aromatic nitrogens is 2. The Morgan fingerprint density at radius 1 is 1.29 bits per heavy atom. The number of carbonyl (C=O) groups is 1. The number of aliphatic hydroxyl groups excluding tert-OH is 1. The lowest BCUT2D eigenvalue weighted by molar-refractivity contribution is -0.199. The topological polar surface area (TPSA) is 67.6 Å². The van der Waals surface area contributed by atoms with E-state index in [0.717, 1.165) is 44.1 Å². The van der Waals surface area contributed by atoms with Crippen LogP contribution < -0.4 is 0 Å². The molecule has 132 valence electrons. The maximum atomic E-state index is 13.0. The standard InChI is InChI=1S/C18H27N3O3/c1-20-13-6-4-3-5-12(13)16(19-20)17(23)21-9-7-18(8-10-21)14(22)11-15(18)24-2/h14-15,22H,3-11H2,1-2H3/t14-,15+/m0/s1. The molecule has 1 saturated carbocycles. The molecule has 1 N–H and O–H groups in total. The van der Waals surface area contributed by atoms with Gasteiger partial charge in [0.1, 0.15) is 0 Å². The molecule has 2 heterocycles. The summed E-state index contributed by atoms with van der Waals surface area (Å²) in [6, 6.07) is 0. The Kier molecular flexibility index (Phi) is 3.92. The molecule has 1 spiro atoms. The first-order valence-corrected chi connectivity index (χ1v) is 9.11. The van der Waals surface area contributed by atoms with Gasteiger partial charge in [0.05, 0.1) is 12.2 Å². The van der Waals surface area contributed by atoms with Crippen LogP contribution in [-0.4, -0.2) is 58.1 Å². The molecule has 3 aliphatic rings. The summed E-state index contributed by atoms with van der Waals surface area (Å²) in [5.41, 5.74) is 2.90. The number of methoxy groups -OCH3 is 1. The second-order valence-corrected chi connectivity index (χ2v) is 7.61. The summed E-state index contributed by atoms with van der Waals surface area (Å²) in [7, 11) is 3.66. The van der Waals surface area contributed by atoms with E-state index in [-0.39, 0.29) is 23.5 Å². The van der Waals surface area contributed by atoms with Gasteiger partial charge < -0.3 is 14.7 Å². The molecule has 2 fully saturated rings. The number of nitrogens with zero attached hydrogens (tertiary/aromatic N) is 3. The van der Waals surface area contributed by atoms with Crippen molar-refractivity contribution in [3.05, 3.63) is 17.0 Å². The highest BCUT2D eigenvalue weighted by molar-refractivity contribution is 5.94. The van der Waals surface area contributed by atoms with E-state index >= 15 is 0 Å². The third-order valence-electron chi connectivity index (χ3n) is 6.58. The minimum Gasteiger partial charge on any atom is -0.392 e. The summed E-state index contributed by atoms with van der Waals surface area (Å²) in [6.45, 7) is 1.36. The van der Waals surface area contributed by atoms with Gasteiger partial charge in [-0.25, -0.2) is 0 Å². The molecule has 6 nitrogen and oxygen atoms in total. The number of carbonyl (C=O) groups excluding carboxylic acids is 1. The molecule has 1 aromatic rings. The van der Waals surface area contributed by atoms with Crippen molar-refractivity contribution in [3.8, 4) is 0 Å². The van der Waals surface area contributed by atoms with Crippen LogP contribution in [0.5, 0.6) is 0 Å². The highest BCUT2D eigenvalue weighted by Gasteiger charge is 2.56. The molecule has 2 aliphatic carbocycles. The smallest absolute Gasteiger partial charge is 0.274 e. The summed E-state index contributed by atoms with van der Waals surface area (Å²) in [6.07, 6.45) is 6.50. The fraction of sp³-hybridized carbons (Fsp3) is 0.778.